The number of methoxy groups -OCH3 is 2. The molecular weight excluding hydrogens is 292 g/mol. The molecule has 0 fully saturated rings. The van der Waals surface area contributed by atoms with E-state index in [0.717, 1.165) is 5.69 Å². The highest BCUT2D eigenvalue weighted by Crippen LogP contribution is 2.29. The zero-order chi connectivity index (χ0) is 15.1. The number of anilines is 3. The van der Waals surface area contributed by atoms with Crippen LogP contribution in [0, 0.1) is 0 Å². The summed E-state index contributed by atoms with van der Waals surface area (Å²) in [6.45, 7) is 1.23. The van der Waals surface area contributed by atoms with Gasteiger partial charge in [0.1, 0.15) is 11.6 Å². The molecular formula is C14H17ClN4O2. The second kappa shape index (κ2) is 7.66. The number of ether oxygens (including phenoxy) is 2. The van der Waals surface area contributed by atoms with Gasteiger partial charge >= 0.3 is 0 Å². The Morgan fingerprint density at radius 1 is 1.24 bits per heavy atom. The Morgan fingerprint density at radius 2 is 2.10 bits per heavy atom. The van der Waals surface area contributed by atoms with Gasteiger partial charge in [0.15, 0.2) is 0 Å². The molecule has 2 N–H and O–H groups in total. The predicted octanol–water partition coefficient (Wildman–Crippen LogP) is 2.94. The minimum absolute atomic E-state index is 0.526. The van der Waals surface area contributed by atoms with E-state index in [1.165, 1.54) is 0 Å². The Bertz CT molecular complexity index is 595. The summed E-state index contributed by atoms with van der Waals surface area (Å²) in [7, 11) is 3.25. The quantitative estimate of drug-likeness (QED) is 0.767. The summed E-state index contributed by atoms with van der Waals surface area (Å²) in [5, 5.41) is 6.85. The van der Waals surface area contributed by atoms with Crippen LogP contribution in [0.3, 0.4) is 0 Å². The molecule has 0 saturated heterocycles. The molecule has 0 aliphatic rings. The largest absolute Gasteiger partial charge is 0.495 e. The van der Waals surface area contributed by atoms with E-state index >= 15 is 0 Å². The van der Waals surface area contributed by atoms with E-state index in [0.29, 0.717) is 35.7 Å². The summed E-state index contributed by atoms with van der Waals surface area (Å²) in [4.78, 5) is 8.50. The Balaban J connectivity index is 2.12. The van der Waals surface area contributed by atoms with Gasteiger partial charge in [-0.05, 0) is 24.3 Å². The summed E-state index contributed by atoms with van der Waals surface area (Å²) in [5.41, 5.74) is 0.742. The van der Waals surface area contributed by atoms with Gasteiger partial charge in [-0.25, -0.2) is 4.98 Å². The summed E-state index contributed by atoms with van der Waals surface area (Å²) in [5.74, 6) is 1.86. The third kappa shape index (κ3) is 4.47. The fourth-order valence-corrected chi connectivity index (χ4v) is 1.87. The van der Waals surface area contributed by atoms with Crippen molar-refractivity contribution < 1.29 is 9.47 Å². The van der Waals surface area contributed by atoms with Crippen LogP contribution in [0.2, 0.25) is 5.02 Å². The average Bonchev–Trinajstić information content (AvgIpc) is 2.48. The first kappa shape index (κ1) is 15.3. The summed E-state index contributed by atoms with van der Waals surface area (Å²) < 4.78 is 10.3. The van der Waals surface area contributed by atoms with E-state index in [4.69, 9.17) is 21.1 Å². The van der Waals surface area contributed by atoms with Crippen molar-refractivity contribution in [2.45, 2.75) is 0 Å². The van der Waals surface area contributed by atoms with Crippen LogP contribution < -0.4 is 15.4 Å². The van der Waals surface area contributed by atoms with Crippen molar-refractivity contribution in [1.29, 1.82) is 0 Å². The van der Waals surface area contributed by atoms with Crippen molar-refractivity contribution in [2.75, 3.05) is 38.0 Å². The molecule has 0 spiro atoms. The molecule has 0 radical (unpaired) electrons. The summed E-state index contributed by atoms with van der Waals surface area (Å²) in [6, 6.07) is 7.11. The second-order valence-electron chi connectivity index (χ2n) is 4.15. The van der Waals surface area contributed by atoms with E-state index in [2.05, 4.69) is 20.6 Å². The Hall–Kier alpha value is -2.05. The predicted molar refractivity (Wildman–Crippen MR) is 83.7 cm³/mol. The van der Waals surface area contributed by atoms with Gasteiger partial charge in [0.05, 0.1) is 19.4 Å². The monoisotopic (exact) mass is 308 g/mol. The number of nitrogens with zero attached hydrogens (tertiary/aromatic N) is 2. The molecule has 7 heteroatoms. The normalized spacial score (nSPS) is 10.2. The highest BCUT2D eigenvalue weighted by atomic mass is 35.5. The molecule has 2 aromatic rings. The van der Waals surface area contributed by atoms with Crippen LogP contribution in [-0.4, -0.2) is 37.3 Å². The van der Waals surface area contributed by atoms with Gasteiger partial charge < -0.3 is 20.1 Å². The maximum absolute atomic E-state index is 6.00. The molecule has 0 atom stereocenters. The molecule has 2 rings (SSSR count). The number of halogens is 1. The average molecular weight is 309 g/mol. The maximum Gasteiger partial charge on any atom is 0.224 e. The zero-order valence-corrected chi connectivity index (χ0v) is 12.6. The Morgan fingerprint density at radius 3 is 2.86 bits per heavy atom. The first-order chi connectivity index (χ1) is 10.2. The fraction of sp³-hybridized carbons (Fsp3) is 0.286. The summed E-state index contributed by atoms with van der Waals surface area (Å²) in [6.07, 6.45) is 1.67. The van der Waals surface area contributed by atoms with Crippen LogP contribution in [0.4, 0.5) is 17.5 Å². The van der Waals surface area contributed by atoms with Crippen molar-refractivity contribution in [1.82, 2.24) is 9.97 Å². The highest BCUT2D eigenvalue weighted by Gasteiger charge is 2.06. The van der Waals surface area contributed by atoms with Crippen molar-refractivity contribution in [3.63, 3.8) is 0 Å². The van der Waals surface area contributed by atoms with Gasteiger partial charge in [0.25, 0.3) is 0 Å². The first-order valence-corrected chi connectivity index (χ1v) is 6.77. The van der Waals surface area contributed by atoms with Crippen LogP contribution >= 0.6 is 11.6 Å². The molecule has 21 heavy (non-hydrogen) atoms. The van der Waals surface area contributed by atoms with Gasteiger partial charge in [-0.15, -0.1) is 0 Å². The first-order valence-electron chi connectivity index (χ1n) is 6.39. The SMILES string of the molecule is COCCNc1nccc(Nc2cc(Cl)ccc2OC)n1. The van der Waals surface area contributed by atoms with Crippen molar-refractivity contribution in [2.24, 2.45) is 0 Å². The third-order valence-electron chi connectivity index (χ3n) is 2.67. The number of hydrogen-bond donors (Lipinski definition) is 2. The van der Waals surface area contributed by atoms with Crippen LogP contribution in [0.15, 0.2) is 30.5 Å². The molecule has 1 aromatic heterocycles. The highest BCUT2D eigenvalue weighted by molar-refractivity contribution is 6.31. The van der Waals surface area contributed by atoms with Crippen molar-refractivity contribution >= 4 is 29.1 Å². The molecule has 0 saturated carbocycles. The van der Waals surface area contributed by atoms with Crippen molar-refractivity contribution in [3.8, 4) is 5.75 Å². The lowest BCUT2D eigenvalue weighted by molar-refractivity contribution is 0.210. The molecule has 0 bridgehead atoms. The minimum Gasteiger partial charge on any atom is -0.495 e. The van der Waals surface area contributed by atoms with Gasteiger partial charge in [-0.1, -0.05) is 11.6 Å². The topological polar surface area (TPSA) is 68.3 Å². The van der Waals surface area contributed by atoms with Gasteiger partial charge in [0.2, 0.25) is 5.95 Å². The van der Waals surface area contributed by atoms with Crippen LogP contribution in [-0.2, 0) is 4.74 Å². The van der Waals surface area contributed by atoms with E-state index in [1.54, 1.807) is 44.7 Å². The molecule has 112 valence electrons. The third-order valence-corrected chi connectivity index (χ3v) is 2.90. The summed E-state index contributed by atoms with van der Waals surface area (Å²) >= 11 is 6.00. The van der Waals surface area contributed by atoms with Crippen LogP contribution in [0.25, 0.3) is 0 Å². The molecule has 0 aliphatic carbocycles. The molecule has 0 aliphatic heterocycles. The van der Waals surface area contributed by atoms with Gasteiger partial charge in [-0.3, -0.25) is 0 Å². The second-order valence-corrected chi connectivity index (χ2v) is 4.59. The van der Waals surface area contributed by atoms with E-state index in [9.17, 15) is 0 Å². The number of rotatable bonds is 7. The molecule has 1 heterocycles. The number of aromatic nitrogens is 2. The van der Waals surface area contributed by atoms with E-state index in [1.807, 2.05) is 0 Å². The van der Waals surface area contributed by atoms with Crippen LogP contribution in [0.1, 0.15) is 0 Å². The molecule has 0 unspecified atom stereocenters. The van der Waals surface area contributed by atoms with Gasteiger partial charge in [-0.2, -0.15) is 4.98 Å². The fourth-order valence-electron chi connectivity index (χ4n) is 1.69. The van der Waals surface area contributed by atoms with E-state index < -0.39 is 0 Å². The van der Waals surface area contributed by atoms with Gasteiger partial charge in [0, 0.05) is 24.9 Å². The zero-order valence-electron chi connectivity index (χ0n) is 11.9. The van der Waals surface area contributed by atoms with Crippen molar-refractivity contribution in [3.05, 3.63) is 35.5 Å². The Kier molecular flexibility index (Phi) is 5.59. The smallest absolute Gasteiger partial charge is 0.224 e. The molecule has 1 aromatic carbocycles. The lowest BCUT2D eigenvalue weighted by Gasteiger charge is -2.11. The lowest BCUT2D eigenvalue weighted by atomic mass is 10.3. The lowest BCUT2D eigenvalue weighted by Crippen LogP contribution is -2.10. The van der Waals surface area contributed by atoms with E-state index in [-0.39, 0.29) is 0 Å². The Labute approximate surface area is 128 Å². The number of hydrogen-bond acceptors (Lipinski definition) is 6. The molecule has 6 nitrogen and oxygen atoms in total. The number of nitrogens with one attached hydrogen (secondary N) is 2. The minimum atomic E-state index is 0.526. The van der Waals surface area contributed by atoms with Crippen LogP contribution in [0.5, 0.6) is 5.75 Å². The number of benzene rings is 1. The maximum atomic E-state index is 6.00. The molecule has 0 amide bonds. The standard InChI is InChI=1S/C14H17ClN4O2/c1-20-8-7-17-14-16-6-5-13(19-14)18-11-9-10(15)3-4-12(11)21-2/h3-6,9H,7-8H2,1-2H3,(H2,16,17,18,19).